The Morgan fingerprint density at radius 2 is 1.87 bits per heavy atom. The Hall–Kier alpha value is -2.36. The van der Waals surface area contributed by atoms with Gasteiger partial charge in [-0.25, -0.2) is 4.98 Å². The Morgan fingerprint density at radius 3 is 2.52 bits per heavy atom. The van der Waals surface area contributed by atoms with Gasteiger partial charge in [0.1, 0.15) is 5.82 Å². The normalized spacial score (nSPS) is 14.1. The highest BCUT2D eigenvalue weighted by Gasteiger charge is 2.21. The van der Waals surface area contributed by atoms with E-state index < -0.39 is 0 Å². The van der Waals surface area contributed by atoms with E-state index in [9.17, 15) is 4.79 Å². The Bertz CT molecular complexity index is 866. The number of aryl methyl sites for hydroxylation is 2. The summed E-state index contributed by atoms with van der Waals surface area (Å²) in [5.41, 5.74) is 3.77. The number of guanidine groups is 1. The molecule has 1 saturated heterocycles. The molecule has 3 rings (SSSR count). The van der Waals surface area contributed by atoms with Crippen molar-refractivity contribution in [3.63, 3.8) is 0 Å². The van der Waals surface area contributed by atoms with Gasteiger partial charge in [-0.2, -0.15) is 0 Å². The summed E-state index contributed by atoms with van der Waals surface area (Å²) in [6.45, 7) is 8.57. The zero-order chi connectivity index (χ0) is 21.3. The van der Waals surface area contributed by atoms with E-state index in [-0.39, 0.29) is 29.9 Å². The molecule has 1 fully saturated rings. The summed E-state index contributed by atoms with van der Waals surface area (Å²) < 4.78 is 0. The lowest BCUT2D eigenvalue weighted by molar-refractivity contribution is -0.131. The average molecular weight is 536 g/mol. The van der Waals surface area contributed by atoms with Crippen LogP contribution in [-0.4, -0.2) is 61.5 Å². The molecule has 2 heterocycles. The highest BCUT2D eigenvalue weighted by Crippen LogP contribution is 2.13. The van der Waals surface area contributed by atoms with E-state index in [0.717, 1.165) is 32.0 Å². The fourth-order valence-electron chi connectivity index (χ4n) is 3.62. The van der Waals surface area contributed by atoms with Crippen molar-refractivity contribution in [1.29, 1.82) is 0 Å². The van der Waals surface area contributed by atoms with Crippen molar-refractivity contribution in [3.8, 4) is 0 Å². The molecule has 1 amide bonds. The number of nitrogens with one attached hydrogen (secondary N) is 2. The van der Waals surface area contributed by atoms with Crippen LogP contribution in [0.1, 0.15) is 23.1 Å². The lowest BCUT2D eigenvalue weighted by Crippen LogP contribution is -2.49. The number of amides is 1. The standard InChI is InChI=1S/C23H32N6O.HI/c1-18-7-8-20(19(2)16-18)17-27-23(24-3)26-11-9-22(30)29-14-12-28(13-15-29)21-6-4-5-10-25-21;/h4-8,10,16H,9,11-15,17H2,1-3H3,(H2,24,26,27);1H. The van der Waals surface area contributed by atoms with E-state index in [4.69, 9.17) is 0 Å². The molecule has 0 atom stereocenters. The van der Waals surface area contributed by atoms with Crippen molar-refractivity contribution in [1.82, 2.24) is 20.5 Å². The molecule has 8 heteroatoms. The number of nitrogens with zero attached hydrogens (tertiary/aromatic N) is 4. The Kier molecular flexibility index (Phi) is 10.0. The zero-order valence-corrected chi connectivity index (χ0v) is 20.9. The number of aliphatic imine (C=N–C) groups is 1. The second kappa shape index (κ2) is 12.5. The van der Waals surface area contributed by atoms with Gasteiger partial charge in [-0.1, -0.05) is 29.8 Å². The second-order valence-electron chi connectivity index (χ2n) is 7.59. The fraction of sp³-hybridized carbons (Fsp3) is 0.435. The van der Waals surface area contributed by atoms with Crippen molar-refractivity contribution in [3.05, 3.63) is 59.3 Å². The van der Waals surface area contributed by atoms with Crippen LogP contribution in [0, 0.1) is 13.8 Å². The molecule has 1 aliphatic heterocycles. The molecular weight excluding hydrogens is 503 g/mol. The van der Waals surface area contributed by atoms with E-state index in [1.807, 2.05) is 23.1 Å². The Balaban J connectivity index is 0.00000341. The number of hydrogen-bond acceptors (Lipinski definition) is 4. The minimum absolute atomic E-state index is 0. The van der Waals surface area contributed by atoms with Gasteiger partial charge in [0.2, 0.25) is 5.91 Å². The first kappa shape index (κ1) is 24.9. The average Bonchev–Trinajstić information content (AvgIpc) is 2.77. The minimum atomic E-state index is 0. The third-order valence-corrected chi connectivity index (χ3v) is 5.40. The van der Waals surface area contributed by atoms with E-state index in [1.165, 1.54) is 16.7 Å². The van der Waals surface area contributed by atoms with Crippen LogP contribution in [0.25, 0.3) is 0 Å². The zero-order valence-electron chi connectivity index (χ0n) is 18.6. The molecule has 0 bridgehead atoms. The predicted molar refractivity (Wildman–Crippen MR) is 137 cm³/mol. The molecule has 1 aromatic carbocycles. The summed E-state index contributed by atoms with van der Waals surface area (Å²) in [6.07, 6.45) is 2.26. The number of hydrogen-bond donors (Lipinski definition) is 2. The number of rotatable bonds is 6. The van der Waals surface area contributed by atoms with Crippen molar-refractivity contribution in [2.24, 2.45) is 4.99 Å². The van der Waals surface area contributed by atoms with Crippen LogP contribution in [0.2, 0.25) is 0 Å². The van der Waals surface area contributed by atoms with Crippen molar-refractivity contribution >= 4 is 41.7 Å². The first-order valence-corrected chi connectivity index (χ1v) is 10.5. The highest BCUT2D eigenvalue weighted by atomic mass is 127. The van der Waals surface area contributed by atoms with Crippen LogP contribution < -0.4 is 15.5 Å². The number of carbonyl (C=O) groups is 1. The summed E-state index contributed by atoms with van der Waals surface area (Å²) in [6, 6.07) is 12.4. The molecule has 2 aromatic rings. The largest absolute Gasteiger partial charge is 0.356 e. The van der Waals surface area contributed by atoms with Gasteiger partial charge in [0.25, 0.3) is 0 Å². The maximum absolute atomic E-state index is 12.6. The summed E-state index contributed by atoms with van der Waals surface area (Å²) in [4.78, 5) is 25.4. The number of benzene rings is 1. The summed E-state index contributed by atoms with van der Waals surface area (Å²) in [7, 11) is 1.75. The SMILES string of the molecule is CN=C(NCCC(=O)N1CCN(c2ccccn2)CC1)NCc1ccc(C)cc1C.I. The lowest BCUT2D eigenvalue weighted by Gasteiger charge is -2.35. The molecule has 168 valence electrons. The molecule has 0 radical (unpaired) electrons. The van der Waals surface area contributed by atoms with E-state index in [2.05, 4.69) is 57.6 Å². The van der Waals surface area contributed by atoms with Gasteiger partial charge >= 0.3 is 0 Å². The molecule has 1 aliphatic rings. The number of pyridine rings is 1. The fourth-order valence-corrected chi connectivity index (χ4v) is 3.62. The maximum atomic E-state index is 12.6. The number of halogens is 1. The molecular formula is C23H33IN6O. The van der Waals surface area contributed by atoms with Crippen LogP contribution in [0.3, 0.4) is 0 Å². The third-order valence-electron chi connectivity index (χ3n) is 5.40. The van der Waals surface area contributed by atoms with Crippen LogP contribution in [0.5, 0.6) is 0 Å². The van der Waals surface area contributed by atoms with Gasteiger partial charge in [-0.3, -0.25) is 9.79 Å². The Labute approximate surface area is 202 Å². The molecule has 0 saturated carbocycles. The third kappa shape index (κ3) is 7.37. The van der Waals surface area contributed by atoms with Gasteiger partial charge < -0.3 is 20.4 Å². The molecule has 1 aromatic heterocycles. The van der Waals surface area contributed by atoms with Gasteiger partial charge in [0.15, 0.2) is 5.96 Å². The predicted octanol–water partition coefficient (Wildman–Crippen LogP) is 2.72. The summed E-state index contributed by atoms with van der Waals surface area (Å²) in [5.74, 6) is 1.86. The topological polar surface area (TPSA) is 72.9 Å². The summed E-state index contributed by atoms with van der Waals surface area (Å²) >= 11 is 0. The highest BCUT2D eigenvalue weighted by molar-refractivity contribution is 14.0. The molecule has 7 nitrogen and oxygen atoms in total. The molecule has 0 spiro atoms. The quantitative estimate of drug-likeness (QED) is 0.338. The maximum Gasteiger partial charge on any atom is 0.224 e. The van der Waals surface area contributed by atoms with Gasteiger partial charge in [-0.05, 0) is 37.1 Å². The number of anilines is 1. The first-order valence-electron chi connectivity index (χ1n) is 10.5. The molecule has 0 unspecified atom stereocenters. The van der Waals surface area contributed by atoms with Gasteiger partial charge in [0, 0.05) is 58.9 Å². The van der Waals surface area contributed by atoms with Crippen LogP contribution >= 0.6 is 24.0 Å². The number of piperazine rings is 1. The second-order valence-corrected chi connectivity index (χ2v) is 7.59. The molecule has 2 N–H and O–H groups in total. The van der Waals surface area contributed by atoms with Crippen LogP contribution in [-0.2, 0) is 11.3 Å². The van der Waals surface area contributed by atoms with E-state index in [1.54, 1.807) is 13.2 Å². The van der Waals surface area contributed by atoms with E-state index >= 15 is 0 Å². The van der Waals surface area contributed by atoms with Crippen molar-refractivity contribution < 1.29 is 4.79 Å². The van der Waals surface area contributed by atoms with Gasteiger partial charge in [-0.15, -0.1) is 24.0 Å². The first-order chi connectivity index (χ1) is 14.6. The monoisotopic (exact) mass is 536 g/mol. The molecule has 0 aliphatic carbocycles. The smallest absolute Gasteiger partial charge is 0.224 e. The van der Waals surface area contributed by atoms with Gasteiger partial charge in [0.05, 0.1) is 0 Å². The van der Waals surface area contributed by atoms with Crippen molar-refractivity contribution in [2.45, 2.75) is 26.8 Å². The summed E-state index contributed by atoms with van der Waals surface area (Å²) in [5, 5.41) is 6.57. The van der Waals surface area contributed by atoms with Crippen molar-refractivity contribution in [2.75, 3.05) is 44.7 Å². The number of carbonyl (C=O) groups excluding carboxylic acids is 1. The minimum Gasteiger partial charge on any atom is -0.356 e. The Morgan fingerprint density at radius 1 is 1.10 bits per heavy atom. The molecule has 31 heavy (non-hydrogen) atoms. The van der Waals surface area contributed by atoms with E-state index in [0.29, 0.717) is 25.5 Å². The van der Waals surface area contributed by atoms with Crippen LogP contribution in [0.15, 0.2) is 47.6 Å². The lowest BCUT2D eigenvalue weighted by atomic mass is 10.1. The number of aromatic nitrogens is 1. The van der Waals surface area contributed by atoms with Crippen LogP contribution in [0.4, 0.5) is 5.82 Å².